The number of rotatable bonds is 20. The molecule has 0 saturated carbocycles. The molecule has 48 heavy (non-hydrogen) atoms. The number of nitrogens with two attached hydrogens (primary N) is 1. The standard InChI is InChI=1S/C27H40N5O13P3/c1-2-3-4-5-6-7-8-9-21(33)20-12-10-19(11-13-20)15-41-46(35,36)44-48(39,40)45-47(37,38)42-16-23-22(34)14-24(43-23)32-18-31-25-26(28)29-17-30-27(25)32/h10-13,17-18,22-24,34H,2-9,14-16H2,1H3,(H,35,36)(H,37,38)(H,39,40)(H2,28,29,30)/t22-,23+,24+/m0/s1. The number of ketones is 1. The fourth-order valence-electron chi connectivity index (χ4n) is 4.94. The highest BCUT2D eigenvalue weighted by Gasteiger charge is 2.44. The number of fused-ring (bicyclic) bond motifs is 1. The summed E-state index contributed by atoms with van der Waals surface area (Å²) in [4.78, 5) is 54.3. The Morgan fingerprint density at radius 1 is 0.938 bits per heavy atom. The third-order valence-corrected chi connectivity index (χ3v) is 11.6. The molecule has 0 spiro atoms. The molecule has 1 fully saturated rings. The molecule has 0 aliphatic carbocycles. The van der Waals surface area contributed by atoms with E-state index in [1.807, 2.05) is 0 Å². The van der Waals surface area contributed by atoms with Gasteiger partial charge in [0, 0.05) is 18.4 Å². The van der Waals surface area contributed by atoms with Gasteiger partial charge in [0.2, 0.25) is 0 Å². The van der Waals surface area contributed by atoms with Crippen molar-refractivity contribution in [2.45, 2.75) is 89.8 Å². The van der Waals surface area contributed by atoms with Crippen molar-refractivity contribution in [1.29, 1.82) is 0 Å². The van der Waals surface area contributed by atoms with Gasteiger partial charge in [0.25, 0.3) is 0 Å². The van der Waals surface area contributed by atoms with Crippen molar-refractivity contribution in [2.24, 2.45) is 0 Å². The van der Waals surface area contributed by atoms with Crippen LogP contribution in [0.15, 0.2) is 36.9 Å². The molecule has 1 saturated heterocycles. The number of carbonyl (C=O) groups is 1. The molecule has 3 aromatic rings. The number of phosphoric acid groups is 3. The first kappa shape index (κ1) is 38.4. The highest BCUT2D eigenvalue weighted by Crippen LogP contribution is 2.68. The minimum absolute atomic E-state index is 0.00902. The number of aliphatic hydroxyl groups excluding tert-OH is 1. The van der Waals surface area contributed by atoms with E-state index in [4.69, 9.17) is 19.5 Å². The molecule has 6 N–H and O–H groups in total. The van der Waals surface area contributed by atoms with E-state index in [1.54, 1.807) is 0 Å². The normalized spacial score (nSPS) is 21.9. The van der Waals surface area contributed by atoms with Crippen LogP contribution in [0.5, 0.6) is 0 Å². The largest absolute Gasteiger partial charge is 0.490 e. The molecule has 0 bridgehead atoms. The van der Waals surface area contributed by atoms with E-state index in [9.17, 15) is 38.3 Å². The number of benzene rings is 1. The van der Waals surface area contributed by atoms with E-state index in [1.165, 1.54) is 60.7 Å². The summed E-state index contributed by atoms with van der Waals surface area (Å²) in [5.41, 5.74) is 7.18. The number of Topliss-reactive ketones (excluding diaryl/α,β-unsaturated/α-hetero) is 1. The average molecular weight is 736 g/mol. The lowest BCUT2D eigenvalue weighted by Gasteiger charge is -2.20. The summed E-state index contributed by atoms with van der Waals surface area (Å²) < 4.78 is 61.8. The Morgan fingerprint density at radius 3 is 2.27 bits per heavy atom. The Bertz CT molecular complexity index is 1670. The number of aliphatic hydroxyl groups is 1. The van der Waals surface area contributed by atoms with Gasteiger partial charge in [0.05, 0.1) is 25.6 Å². The third-order valence-electron chi connectivity index (χ3n) is 7.39. The van der Waals surface area contributed by atoms with E-state index in [-0.39, 0.29) is 18.0 Å². The SMILES string of the molecule is CCCCCCCCCC(=O)c1ccc(COP(=O)(O)OP(=O)(O)OP(=O)(O)OC[C@H]2O[C@@H](n3cnc4c(N)ncnc43)C[C@@H]2O)cc1. The van der Waals surface area contributed by atoms with Crippen molar-refractivity contribution in [1.82, 2.24) is 19.5 Å². The highest BCUT2D eigenvalue weighted by atomic mass is 31.3. The van der Waals surface area contributed by atoms with Crippen molar-refractivity contribution >= 4 is 46.2 Å². The number of aromatic nitrogens is 4. The molecule has 1 aliphatic heterocycles. The number of anilines is 1. The van der Waals surface area contributed by atoms with Crippen molar-refractivity contribution in [3.05, 3.63) is 48.0 Å². The van der Waals surface area contributed by atoms with Crippen molar-refractivity contribution in [3.8, 4) is 0 Å². The Hall–Kier alpha value is -2.43. The minimum Gasteiger partial charge on any atom is -0.390 e. The molecule has 18 nitrogen and oxygen atoms in total. The number of unbranched alkanes of at least 4 members (excludes halogenated alkanes) is 6. The summed E-state index contributed by atoms with van der Waals surface area (Å²) in [5.74, 6) is 0.0856. The molecule has 3 heterocycles. The lowest BCUT2D eigenvalue weighted by molar-refractivity contribution is -0.0423. The number of hydrogen-bond donors (Lipinski definition) is 5. The second-order valence-electron chi connectivity index (χ2n) is 11.1. The predicted molar refractivity (Wildman–Crippen MR) is 170 cm³/mol. The second kappa shape index (κ2) is 17.0. The number of ether oxygens (including phenoxy) is 1. The molecular weight excluding hydrogens is 695 g/mol. The van der Waals surface area contributed by atoms with E-state index < -0.39 is 55.1 Å². The maximum Gasteiger partial charge on any atom is 0.490 e. The van der Waals surface area contributed by atoms with Crippen LogP contribution < -0.4 is 5.73 Å². The summed E-state index contributed by atoms with van der Waals surface area (Å²) in [6.07, 6.45) is 7.29. The number of phosphoric ester groups is 2. The molecule has 4 rings (SSSR count). The number of nitrogen functional groups attached to an aromatic ring is 1. The van der Waals surface area contributed by atoms with Crippen LogP contribution in [0, 0.1) is 0 Å². The number of imidazole rings is 1. The lowest BCUT2D eigenvalue weighted by Crippen LogP contribution is -2.26. The fraction of sp³-hybridized carbons (Fsp3) is 0.556. The van der Waals surface area contributed by atoms with Gasteiger partial charge in [-0.15, -0.1) is 0 Å². The van der Waals surface area contributed by atoms with Crippen LogP contribution in [0.2, 0.25) is 0 Å². The van der Waals surface area contributed by atoms with Gasteiger partial charge in [-0.3, -0.25) is 18.4 Å². The number of carbonyl (C=O) groups excluding carboxylic acids is 1. The van der Waals surface area contributed by atoms with Crippen molar-refractivity contribution in [3.63, 3.8) is 0 Å². The van der Waals surface area contributed by atoms with Gasteiger partial charge in [-0.2, -0.15) is 8.62 Å². The first-order valence-electron chi connectivity index (χ1n) is 15.3. The van der Waals surface area contributed by atoms with Crippen molar-refractivity contribution < 1.29 is 60.7 Å². The zero-order chi connectivity index (χ0) is 35.0. The van der Waals surface area contributed by atoms with E-state index in [0.717, 1.165) is 25.7 Å². The van der Waals surface area contributed by atoms with Crippen LogP contribution in [-0.2, 0) is 42.7 Å². The van der Waals surface area contributed by atoms with E-state index in [2.05, 4.69) is 30.5 Å². The molecule has 1 aliphatic rings. The van der Waals surface area contributed by atoms with Gasteiger partial charge in [-0.05, 0) is 12.0 Å². The van der Waals surface area contributed by atoms with Gasteiger partial charge in [0.15, 0.2) is 17.2 Å². The van der Waals surface area contributed by atoms with Crippen LogP contribution in [0.1, 0.15) is 86.9 Å². The number of hydrogen-bond acceptors (Lipinski definition) is 14. The molecule has 1 aromatic carbocycles. The van der Waals surface area contributed by atoms with Gasteiger partial charge in [-0.1, -0.05) is 69.7 Å². The molecule has 6 atom stereocenters. The average Bonchev–Trinajstić information content (AvgIpc) is 3.61. The Kier molecular flexibility index (Phi) is 13.6. The molecular formula is C27H40N5O13P3. The summed E-state index contributed by atoms with van der Waals surface area (Å²) >= 11 is 0. The predicted octanol–water partition coefficient (Wildman–Crippen LogP) is 4.95. The van der Waals surface area contributed by atoms with Crippen LogP contribution in [-0.4, -0.2) is 63.9 Å². The Labute approximate surface area is 276 Å². The lowest BCUT2D eigenvalue weighted by atomic mass is 10.0. The summed E-state index contributed by atoms with van der Waals surface area (Å²) in [6.45, 7) is 0.790. The maximum atomic E-state index is 12.4. The van der Waals surface area contributed by atoms with Gasteiger partial charge >= 0.3 is 23.5 Å². The summed E-state index contributed by atoms with van der Waals surface area (Å²) in [6, 6.07) is 6.01. The zero-order valence-corrected chi connectivity index (χ0v) is 28.8. The monoisotopic (exact) mass is 735 g/mol. The van der Waals surface area contributed by atoms with Crippen LogP contribution in [0.25, 0.3) is 11.2 Å². The minimum atomic E-state index is -5.72. The third kappa shape index (κ3) is 11.3. The quantitative estimate of drug-likeness (QED) is 0.0584. The first-order valence-corrected chi connectivity index (χ1v) is 19.8. The molecule has 0 radical (unpaired) electrons. The van der Waals surface area contributed by atoms with Crippen LogP contribution in [0.4, 0.5) is 5.82 Å². The van der Waals surface area contributed by atoms with Gasteiger partial charge in [-0.25, -0.2) is 28.6 Å². The maximum absolute atomic E-state index is 12.4. The molecule has 3 unspecified atom stereocenters. The topological polar surface area (TPSA) is 265 Å². The highest BCUT2D eigenvalue weighted by molar-refractivity contribution is 7.66. The van der Waals surface area contributed by atoms with Crippen molar-refractivity contribution in [2.75, 3.05) is 12.3 Å². The van der Waals surface area contributed by atoms with Crippen LogP contribution >= 0.6 is 23.5 Å². The van der Waals surface area contributed by atoms with Gasteiger partial charge < -0.3 is 30.3 Å². The summed E-state index contributed by atoms with van der Waals surface area (Å²) in [7, 11) is -16.5. The van der Waals surface area contributed by atoms with E-state index >= 15 is 0 Å². The molecule has 21 heteroatoms. The zero-order valence-electron chi connectivity index (χ0n) is 26.1. The Morgan fingerprint density at radius 2 is 1.58 bits per heavy atom. The molecule has 0 amide bonds. The smallest absolute Gasteiger partial charge is 0.390 e. The first-order chi connectivity index (χ1) is 22.7. The molecule has 2 aromatic heterocycles. The number of nitrogens with zero attached hydrogens (tertiary/aromatic N) is 4. The molecule has 266 valence electrons. The second-order valence-corrected chi connectivity index (χ2v) is 15.8. The van der Waals surface area contributed by atoms with Gasteiger partial charge in [0.1, 0.15) is 24.2 Å². The van der Waals surface area contributed by atoms with Crippen LogP contribution in [0.3, 0.4) is 0 Å². The fourth-order valence-corrected chi connectivity index (χ4v) is 8.44. The van der Waals surface area contributed by atoms with E-state index in [0.29, 0.717) is 28.7 Å². The Balaban J connectivity index is 1.21. The summed E-state index contributed by atoms with van der Waals surface area (Å²) in [5, 5.41) is 10.4.